The molecule has 0 radical (unpaired) electrons. The standard InChI is InChI=1S/C33H28N6O3/c1-3-7-29(41)38-15-14-23-17-25(33(42)39(27(23)19-38)24-8-5-4-6-9-24)28(40)16-21-10-12-22(13-11-21)26-18-37(2)32-30(26)31(34)35-20-36-32/h4-6,8-13,17-18,20H,14-16,19H2,1-2H3,(H2,34,35,36). The molecule has 0 aliphatic carbocycles. The first-order chi connectivity index (χ1) is 20.4. The number of hydrogen-bond donors (Lipinski definition) is 1. The molecule has 0 bridgehead atoms. The number of rotatable bonds is 5. The Labute approximate surface area is 242 Å². The van der Waals surface area contributed by atoms with E-state index >= 15 is 0 Å². The second-order valence-electron chi connectivity index (χ2n) is 10.3. The highest BCUT2D eigenvalue weighted by molar-refractivity contribution is 6.01. The molecule has 5 aromatic rings. The summed E-state index contributed by atoms with van der Waals surface area (Å²) in [6, 6.07) is 18.6. The summed E-state index contributed by atoms with van der Waals surface area (Å²) in [5.41, 5.74) is 11.5. The van der Waals surface area contributed by atoms with Gasteiger partial charge in [-0.25, -0.2) is 9.97 Å². The monoisotopic (exact) mass is 556 g/mol. The summed E-state index contributed by atoms with van der Waals surface area (Å²) in [6.07, 6.45) is 3.99. The number of carbonyl (C=O) groups excluding carboxylic acids is 2. The van der Waals surface area contributed by atoms with Gasteiger partial charge in [0, 0.05) is 43.2 Å². The summed E-state index contributed by atoms with van der Waals surface area (Å²) in [5.74, 6) is 5.10. The zero-order chi connectivity index (χ0) is 29.4. The number of pyridine rings is 1. The largest absolute Gasteiger partial charge is 0.383 e. The maximum Gasteiger partial charge on any atom is 0.298 e. The van der Waals surface area contributed by atoms with Crippen LogP contribution >= 0.6 is 0 Å². The summed E-state index contributed by atoms with van der Waals surface area (Å²) in [7, 11) is 1.90. The maximum atomic E-state index is 13.9. The van der Waals surface area contributed by atoms with Gasteiger partial charge in [0.25, 0.3) is 11.5 Å². The van der Waals surface area contributed by atoms with Gasteiger partial charge in [0.2, 0.25) is 0 Å². The molecule has 1 amide bonds. The predicted octanol–water partition coefficient (Wildman–Crippen LogP) is 3.70. The molecule has 1 aliphatic heterocycles. The van der Waals surface area contributed by atoms with Crippen molar-refractivity contribution < 1.29 is 9.59 Å². The number of nitrogens with zero attached hydrogens (tertiary/aromatic N) is 5. The first kappa shape index (κ1) is 26.7. The minimum absolute atomic E-state index is 0.0700. The molecular formula is C33H28N6O3. The van der Waals surface area contributed by atoms with Gasteiger partial charge in [-0.15, -0.1) is 0 Å². The van der Waals surface area contributed by atoms with Crippen LogP contribution in [0, 0.1) is 11.8 Å². The second-order valence-corrected chi connectivity index (χ2v) is 10.3. The zero-order valence-corrected chi connectivity index (χ0v) is 23.3. The molecule has 0 fully saturated rings. The third-order valence-corrected chi connectivity index (χ3v) is 7.63. The van der Waals surface area contributed by atoms with E-state index in [2.05, 4.69) is 21.8 Å². The van der Waals surface area contributed by atoms with E-state index in [4.69, 9.17) is 5.73 Å². The Kier molecular flexibility index (Phi) is 6.88. The van der Waals surface area contributed by atoms with Gasteiger partial charge in [0.05, 0.1) is 17.5 Å². The maximum absolute atomic E-state index is 13.9. The molecule has 3 aromatic heterocycles. The van der Waals surface area contributed by atoms with E-state index in [-0.39, 0.29) is 30.2 Å². The van der Waals surface area contributed by atoms with Crippen LogP contribution in [0.4, 0.5) is 5.82 Å². The van der Waals surface area contributed by atoms with Crippen molar-refractivity contribution in [3.63, 3.8) is 0 Å². The quantitative estimate of drug-likeness (QED) is 0.261. The molecule has 9 nitrogen and oxygen atoms in total. The van der Waals surface area contributed by atoms with Crippen molar-refractivity contribution in [2.24, 2.45) is 7.05 Å². The van der Waals surface area contributed by atoms with Gasteiger partial charge in [-0.1, -0.05) is 48.4 Å². The molecule has 42 heavy (non-hydrogen) atoms. The van der Waals surface area contributed by atoms with Crippen molar-refractivity contribution in [3.05, 3.63) is 106 Å². The van der Waals surface area contributed by atoms with Crippen LogP contribution in [0.3, 0.4) is 0 Å². The SMILES string of the molecule is CC#CC(=O)N1CCc2cc(C(=O)Cc3ccc(-c4cn(C)c5ncnc(N)c45)cc3)c(=O)n(-c3ccccc3)c2C1. The van der Waals surface area contributed by atoms with Crippen molar-refractivity contribution in [1.29, 1.82) is 0 Å². The first-order valence-electron chi connectivity index (χ1n) is 13.6. The summed E-state index contributed by atoms with van der Waals surface area (Å²) >= 11 is 0. The molecule has 2 N–H and O–H groups in total. The van der Waals surface area contributed by atoms with Crippen LogP contribution in [0.2, 0.25) is 0 Å². The van der Waals surface area contributed by atoms with Crippen LogP contribution in [0.25, 0.3) is 27.8 Å². The van der Waals surface area contributed by atoms with Crippen LogP contribution in [0.15, 0.2) is 78.0 Å². The van der Waals surface area contributed by atoms with Crippen molar-refractivity contribution in [3.8, 4) is 28.7 Å². The van der Waals surface area contributed by atoms with Crippen molar-refractivity contribution in [1.82, 2.24) is 24.0 Å². The number of benzene rings is 2. The first-order valence-corrected chi connectivity index (χ1v) is 13.6. The lowest BCUT2D eigenvalue weighted by atomic mass is 9.96. The number of amides is 1. The van der Waals surface area contributed by atoms with Crippen molar-refractivity contribution in [2.75, 3.05) is 12.3 Å². The Morgan fingerprint density at radius 3 is 2.55 bits per heavy atom. The van der Waals surface area contributed by atoms with Crippen LogP contribution in [0.1, 0.15) is 34.1 Å². The molecule has 208 valence electrons. The van der Waals surface area contributed by atoms with Gasteiger partial charge in [-0.2, -0.15) is 0 Å². The fourth-order valence-electron chi connectivity index (χ4n) is 5.56. The van der Waals surface area contributed by atoms with Gasteiger partial charge >= 0.3 is 0 Å². The van der Waals surface area contributed by atoms with E-state index in [0.717, 1.165) is 33.3 Å². The Morgan fingerprint density at radius 1 is 1.05 bits per heavy atom. The molecule has 0 unspecified atom stereocenters. The molecule has 0 saturated heterocycles. The van der Waals surface area contributed by atoms with Crippen molar-refractivity contribution in [2.45, 2.75) is 26.3 Å². The van der Waals surface area contributed by atoms with Gasteiger partial charge in [0.1, 0.15) is 17.8 Å². The highest BCUT2D eigenvalue weighted by atomic mass is 16.2. The molecular weight excluding hydrogens is 528 g/mol. The van der Waals surface area contributed by atoms with Crippen LogP contribution in [-0.2, 0) is 31.2 Å². The average Bonchev–Trinajstić information content (AvgIpc) is 3.35. The van der Waals surface area contributed by atoms with Gasteiger partial charge in [-0.3, -0.25) is 19.0 Å². The number of anilines is 1. The number of fused-ring (bicyclic) bond motifs is 2. The van der Waals surface area contributed by atoms with E-state index < -0.39 is 5.56 Å². The molecule has 4 heterocycles. The number of hydrogen-bond acceptors (Lipinski definition) is 6. The minimum Gasteiger partial charge on any atom is -0.383 e. The van der Waals surface area contributed by atoms with Crippen LogP contribution in [0.5, 0.6) is 0 Å². The van der Waals surface area contributed by atoms with E-state index in [1.165, 1.54) is 6.33 Å². The second kappa shape index (κ2) is 10.8. The predicted molar refractivity (Wildman–Crippen MR) is 161 cm³/mol. The Hall–Kier alpha value is -5.49. The normalized spacial score (nSPS) is 12.5. The molecule has 2 aromatic carbocycles. The molecule has 6 rings (SSSR count). The molecule has 0 spiro atoms. The number of carbonyl (C=O) groups is 2. The van der Waals surface area contributed by atoms with Gasteiger partial charge in [0.15, 0.2) is 5.78 Å². The number of nitrogens with two attached hydrogens (primary N) is 1. The van der Waals surface area contributed by atoms with Gasteiger partial charge < -0.3 is 15.2 Å². The Bertz CT molecular complexity index is 1980. The Morgan fingerprint density at radius 2 is 1.81 bits per heavy atom. The summed E-state index contributed by atoms with van der Waals surface area (Å²) in [5, 5.41) is 0.779. The summed E-state index contributed by atoms with van der Waals surface area (Å²) in [6.45, 7) is 2.33. The number of nitrogen functional groups attached to an aromatic ring is 1. The minimum atomic E-state index is -0.399. The lowest BCUT2D eigenvalue weighted by Gasteiger charge is -2.30. The highest BCUT2D eigenvalue weighted by Crippen LogP contribution is 2.32. The third-order valence-electron chi connectivity index (χ3n) is 7.63. The lowest BCUT2D eigenvalue weighted by molar-refractivity contribution is -0.126. The molecule has 0 saturated carbocycles. The van der Waals surface area contributed by atoms with E-state index in [0.29, 0.717) is 30.2 Å². The van der Waals surface area contributed by atoms with E-state index in [9.17, 15) is 14.4 Å². The average molecular weight is 557 g/mol. The highest BCUT2D eigenvalue weighted by Gasteiger charge is 2.27. The number of ketones is 1. The number of para-hydroxylation sites is 1. The zero-order valence-electron chi connectivity index (χ0n) is 23.3. The fourth-order valence-corrected chi connectivity index (χ4v) is 5.56. The van der Waals surface area contributed by atoms with Gasteiger partial charge in [-0.05, 0) is 54.2 Å². The molecule has 9 heteroatoms. The van der Waals surface area contributed by atoms with E-state index in [1.807, 2.05) is 72.4 Å². The number of aryl methyl sites for hydroxylation is 1. The third kappa shape index (κ3) is 4.73. The topological polar surface area (TPSA) is 116 Å². The van der Waals surface area contributed by atoms with Crippen LogP contribution in [-0.4, -0.2) is 42.2 Å². The summed E-state index contributed by atoms with van der Waals surface area (Å²) < 4.78 is 3.47. The van der Waals surface area contributed by atoms with Crippen LogP contribution < -0.4 is 11.3 Å². The van der Waals surface area contributed by atoms with E-state index in [1.54, 1.807) is 22.5 Å². The lowest BCUT2D eigenvalue weighted by Crippen LogP contribution is -2.40. The van der Waals surface area contributed by atoms with Crippen molar-refractivity contribution >= 4 is 28.5 Å². The number of aromatic nitrogens is 4. The molecule has 0 atom stereocenters. The number of Topliss-reactive ketones (excluding diaryl/α,β-unsaturated/α-hetero) is 1. The smallest absolute Gasteiger partial charge is 0.298 e. The molecule has 1 aliphatic rings. The fraction of sp³-hybridized carbons (Fsp3) is 0.182. The summed E-state index contributed by atoms with van der Waals surface area (Å²) in [4.78, 5) is 50.1. The Balaban J connectivity index is 1.33.